The van der Waals surface area contributed by atoms with Gasteiger partial charge in [0.05, 0.1) is 5.56 Å². The number of amides is 1. The van der Waals surface area contributed by atoms with Gasteiger partial charge >= 0.3 is 12.4 Å². The SMILES string of the molecule is O=C(NC1CCC(=Nc2cccc3nc(C(F)(F)F)cn23)CC1)c1cn(CC(F)(F)F)nc1Cl. The van der Waals surface area contributed by atoms with Crippen LogP contribution in [0, 0.1) is 0 Å². The summed E-state index contributed by atoms with van der Waals surface area (Å²) in [6, 6.07) is 4.33. The molecule has 7 nitrogen and oxygen atoms in total. The number of hydrogen-bond donors (Lipinski definition) is 1. The maximum atomic E-state index is 13.0. The van der Waals surface area contributed by atoms with E-state index in [1.807, 2.05) is 0 Å². The van der Waals surface area contributed by atoms with Gasteiger partial charge in [0.2, 0.25) is 0 Å². The van der Waals surface area contributed by atoms with E-state index in [1.165, 1.54) is 10.5 Å². The largest absolute Gasteiger partial charge is 0.434 e. The van der Waals surface area contributed by atoms with Crippen LogP contribution in [0.15, 0.2) is 35.6 Å². The summed E-state index contributed by atoms with van der Waals surface area (Å²) in [6.07, 6.45) is -5.30. The second-order valence-electron chi connectivity index (χ2n) is 7.81. The van der Waals surface area contributed by atoms with Gasteiger partial charge < -0.3 is 5.32 Å². The fraction of sp³-hybridized carbons (Fsp3) is 0.400. The molecular formula is C20H17ClF6N6O. The van der Waals surface area contributed by atoms with E-state index in [4.69, 9.17) is 11.6 Å². The van der Waals surface area contributed by atoms with Crippen LogP contribution in [-0.2, 0) is 12.7 Å². The number of aromatic nitrogens is 4. The van der Waals surface area contributed by atoms with Crippen molar-refractivity contribution in [3.8, 4) is 0 Å². The van der Waals surface area contributed by atoms with Crippen molar-refractivity contribution in [1.82, 2.24) is 24.5 Å². The van der Waals surface area contributed by atoms with Gasteiger partial charge in [0.15, 0.2) is 10.8 Å². The van der Waals surface area contributed by atoms with Crippen molar-refractivity contribution in [3.63, 3.8) is 0 Å². The zero-order valence-corrected chi connectivity index (χ0v) is 18.0. The molecule has 0 aliphatic heterocycles. The smallest absolute Gasteiger partial charge is 0.349 e. The Morgan fingerprint density at radius 2 is 1.85 bits per heavy atom. The Labute approximate surface area is 193 Å². The number of alkyl halides is 6. The number of rotatable bonds is 4. The van der Waals surface area contributed by atoms with E-state index in [-0.39, 0.29) is 22.4 Å². The standard InChI is InChI=1S/C20H17ClF6N6O/c21-17-13(8-32(31-17)10-19(22,23)24)18(34)29-12-6-4-11(5-7-12)28-15-2-1-3-16-30-14(9-33(15)16)20(25,26)27/h1-3,8-9,12H,4-7,10H2,(H,29,34). The Balaban J connectivity index is 1.40. The van der Waals surface area contributed by atoms with Gasteiger partial charge in [0, 0.05) is 24.1 Å². The highest BCUT2D eigenvalue weighted by atomic mass is 35.5. The molecule has 0 atom stereocenters. The quantitative estimate of drug-likeness (QED) is 0.494. The fourth-order valence-electron chi connectivity index (χ4n) is 3.67. The Morgan fingerprint density at radius 1 is 1.15 bits per heavy atom. The third-order valence-electron chi connectivity index (χ3n) is 5.23. The average molecular weight is 507 g/mol. The number of fused-ring (bicyclic) bond motifs is 1. The van der Waals surface area contributed by atoms with Gasteiger partial charge in [-0.2, -0.15) is 31.4 Å². The number of nitrogens with one attached hydrogen (secondary N) is 1. The first-order chi connectivity index (χ1) is 15.9. The minimum atomic E-state index is -4.57. The van der Waals surface area contributed by atoms with Crippen LogP contribution in [-0.4, -0.2) is 43.0 Å². The van der Waals surface area contributed by atoms with Crippen molar-refractivity contribution in [1.29, 1.82) is 0 Å². The molecular weight excluding hydrogens is 490 g/mol. The van der Waals surface area contributed by atoms with Gasteiger partial charge in [0.1, 0.15) is 18.0 Å². The zero-order valence-electron chi connectivity index (χ0n) is 17.3. The van der Waals surface area contributed by atoms with Crippen LogP contribution in [0.4, 0.5) is 32.2 Å². The highest BCUT2D eigenvalue weighted by Crippen LogP contribution is 2.30. The van der Waals surface area contributed by atoms with Gasteiger partial charge in [-0.3, -0.25) is 13.9 Å². The summed E-state index contributed by atoms with van der Waals surface area (Å²) >= 11 is 5.82. The lowest BCUT2D eigenvalue weighted by molar-refractivity contribution is -0.142. The van der Waals surface area contributed by atoms with Crippen LogP contribution in [0.1, 0.15) is 41.7 Å². The zero-order chi connectivity index (χ0) is 24.7. The second kappa shape index (κ2) is 8.93. The number of pyridine rings is 1. The topological polar surface area (TPSA) is 76.6 Å². The Bertz CT molecular complexity index is 1230. The van der Waals surface area contributed by atoms with Crippen molar-refractivity contribution in [3.05, 3.63) is 47.0 Å². The highest BCUT2D eigenvalue weighted by molar-refractivity contribution is 6.32. The average Bonchev–Trinajstić information content (AvgIpc) is 3.32. The molecule has 1 aliphatic carbocycles. The summed E-state index contributed by atoms with van der Waals surface area (Å²) in [5, 5.41) is 5.92. The molecule has 0 radical (unpaired) electrons. The van der Waals surface area contributed by atoms with E-state index in [0.29, 0.717) is 36.2 Å². The molecule has 1 fully saturated rings. The molecule has 0 aromatic carbocycles. The first-order valence-electron chi connectivity index (χ1n) is 10.1. The Hall–Kier alpha value is -3.09. The van der Waals surface area contributed by atoms with Crippen LogP contribution >= 0.6 is 11.6 Å². The molecule has 4 rings (SSSR count). The number of nitrogens with zero attached hydrogens (tertiary/aromatic N) is 5. The van der Waals surface area contributed by atoms with Gasteiger partial charge in [-0.1, -0.05) is 17.7 Å². The molecule has 0 spiro atoms. The predicted octanol–water partition coefficient (Wildman–Crippen LogP) is 5.21. The molecule has 3 aromatic rings. The molecule has 14 heteroatoms. The van der Waals surface area contributed by atoms with Crippen LogP contribution in [0.3, 0.4) is 0 Å². The summed E-state index contributed by atoms with van der Waals surface area (Å²) in [5.41, 5.74) is -0.296. The Kier molecular flexibility index (Phi) is 6.32. The minimum Gasteiger partial charge on any atom is -0.349 e. The summed E-state index contributed by atoms with van der Waals surface area (Å²) < 4.78 is 78.3. The van der Waals surface area contributed by atoms with Gasteiger partial charge in [0.25, 0.3) is 5.91 Å². The summed E-state index contributed by atoms with van der Waals surface area (Å²) in [4.78, 5) is 20.5. The third-order valence-corrected chi connectivity index (χ3v) is 5.51. The fourth-order valence-corrected chi connectivity index (χ4v) is 3.90. The van der Waals surface area contributed by atoms with Crippen LogP contribution in [0.25, 0.3) is 5.65 Å². The van der Waals surface area contributed by atoms with Gasteiger partial charge in [-0.15, -0.1) is 0 Å². The molecule has 3 aromatic heterocycles. The first-order valence-corrected chi connectivity index (χ1v) is 10.5. The van der Waals surface area contributed by atoms with E-state index >= 15 is 0 Å². The van der Waals surface area contributed by atoms with Crippen LogP contribution in [0.5, 0.6) is 0 Å². The summed E-state index contributed by atoms with van der Waals surface area (Å²) in [5.74, 6) is -0.325. The molecule has 1 aliphatic rings. The van der Waals surface area contributed by atoms with Gasteiger partial charge in [-0.05, 0) is 37.8 Å². The van der Waals surface area contributed by atoms with Crippen molar-refractivity contribution in [2.24, 2.45) is 4.99 Å². The predicted molar refractivity (Wildman–Crippen MR) is 110 cm³/mol. The summed E-state index contributed by atoms with van der Waals surface area (Å²) in [6.45, 7) is -1.36. The molecule has 1 saturated carbocycles. The monoisotopic (exact) mass is 506 g/mol. The highest BCUT2D eigenvalue weighted by Gasteiger charge is 2.34. The Morgan fingerprint density at radius 3 is 2.50 bits per heavy atom. The lowest BCUT2D eigenvalue weighted by atomic mass is 9.93. The lowest BCUT2D eigenvalue weighted by Crippen LogP contribution is -2.37. The number of hydrogen-bond acceptors (Lipinski definition) is 4. The van der Waals surface area contributed by atoms with Crippen LogP contribution in [0.2, 0.25) is 5.15 Å². The maximum Gasteiger partial charge on any atom is 0.434 e. The molecule has 1 amide bonds. The molecule has 34 heavy (non-hydrogen) atoms. The molecule has 1 N–H and O–H groups in total. The maximum absolute atomic E-state index is 13.0. The molecule has 3 heterocycles. The van der Waals surface area contributed by atoms with Gasteiger partial charge in [-0.25, -0.2) is 9.98 Å². The van der Waals surface area contributed by atoms with E-state index in [9.17, 15) is 31.1 Å². The number of carbonyl (C=O) groups excluding carboxylic acids is 1. The number of imidazole rings is 1. The van der Waals surface area contributed by atoms with Crippen molar-refractivity contribution >= 4 is 34.7 Å². The minimum absolute atomic E-state index is 0.123. The third kappa shape index (κ3) is 5.51. The number of halogens is 7. The van der Waals surface area contributed by atoms with Crippen molar-refractivity contribution in [2.75, 3.05) is 0 Å². The molecule has 0 unspecified atom stereocenters. The molecule has 182 valence electrons. The normalized spacial score (nSPS) is 17.3. The molecule has 0 saturated heterocycles. The van der Waals surface area contributed by atoms with E-state index < -0.39 is 30.5 Å². The van der Waals surface area contributed by atoms with E-state index in [1.54, 1.807) is 12.1 Å². The first kappa shape index (κ1) is 24.0. The van der Waals surface area contributed by atoms with Crippen molar-refractivity contribution in [2.45, 2.75) is 50.6 Å². The lowest BCUT2D eigenvalue weighted by Gasteiger charge is -2.24. The van der Waals surface area contributed by atoms with E-state index in [2.05, 4.69) is 20.4 Å². The molecule has 0 bridgehead atoms. The summed E-state index contributed by atoms with van der Waals surface area (Å²) in [7, 11) is 0. The van der Waals surface area contributed by atoms with Crippen LogP contribution < -0.4 is 5.32 Å². The second-order valence-corrected chi connectivity index (χ2v) is 8.17. The van der Waals surface area contributed by atoms with Crippen molar-refractivity contribution < 1.29 is 31.1 Å². The van der Waals surface area contributed by atoms with E-state index in [0.717, 1.165) is 18.1 Å². The number of aliphatic imine (C=N–C) groups is 1. The number of carbonyl (C=O) groups is 1.